The van der Waals surface area contributed by atoms with Crippen LogP contribution in [0.3, 0.4) is 0 Å². The first kappa shape index (κ1) is 88.6. The quantitative estimate of drug-likeness (QED) is 0.0337. The number of hydrogen-bond donors (Lipinski definition) is 2. The summed E-state index contributed by atoms with van der Waals surface area (Å²) in [6.45, 7) is 2.72. The molecule has 3 heterocycles. The molecule has 20 nitrogen and oxygen atoms in total. The van der Waals surface area contributed by atoms with Crippen molar-refractivity contribution >= 4 is 17.5 Å². The van der Waals surface area contributed by atoms with Gasteiger partial charge in [0.05, 0.1) is 97.4 Å². The summed E-state index contributed by atoms with van der Waals surface area (Å²) < 4.78 is 64.5. The van der Waals surface area contributed by atoms with Gasteiger partial charge in [0, 0.05) is 56.2 Å². The van der Waals surface area contributed by atoms with Crippen LogP contribution < -0.4 is 41.5 Å². The molecule has 126 heavy (non-hydrogen) atoms. The zero-order chi connectivity index (χ0) is 86.8. The highest BCUT2D eigenvalue weighted by atomic mass is 16.5. The molecule has 3 aromatic heterocycles. The van der Waals surface area contributed by atoms with Crippen LogP contribution in [-0.2, 0) is 108 Å². The van der Waals surface area contributed by atoms with Crippen molar-refractivity contribution in [3.8, 4) is 17.2 Å². The number of nitrogens with one attached hydrogen (secondary N) is 1. The number of aromatic nitrogens is 3. The Bertz CT molecular complexity index is 5130. The molecule has 0 radical (unpaired) electrons. The van der Waals surface area contributed by atoms with Crippen molar-refractivity contribution in [2.45, 2.75) is 162 Å². The van der Waals surface area contributed by atoms with E-state index in [-0.39, 0.29) is 151 Å². The van der Waals surface area contributed by atoms with Crippen LogP contribution in [0.5, 0.6) is 17.2 Å². The molecule has 0 saturated heterocycles. The molecule has 16 rings (SSSR count). The maximum absolute atomic E-state index is 16.3. The molecule has 3 N–H and O–H groups in total. The van der Waals surface area contributed by atoms with Gasteiger partial charge in [0.2, 0.25) is 16.3 Å². The van der Waals surface area contributed by atoms with Gasteiger partial charge in [-0.2, -0.15) is 0 Å². The number of benzene rings is 9. The van der Waals surface area contributed by atoms with Crippen LogP contribution in [0.4, 0.5) is 0 Å². The van der Waals surface area contributed by atoms with E-state index in [1.54, 1.807) is 32.3 Å². The smallest absolute Gasteiger partial charge is 0.271 e. The van der Waals surface area contributed by atoms with Crippen LogP contribution in [0.1, 0.15) is 146 Å². The first-order valence-electron chi connectivity index (χ1n) is 43.7. The molecule has 1 amide bonds. The molecule has 4 aliphatic carbocycles. The zero-order valence-electron chi connectivity index (χ0n) is 71.3. The molecule has 4 aliphatic rings. The van der Waals surface area contributed by atoms with Gasteiger partial charge in [-0.15, -0.1) is 0 Å². The summed E-state index contributed by atoms with van der Waals surface area (Å²) in [5.41, 5.74) is 11.6. The maximum Gasteiger partial charge on any atom is 0.271 e. The molecular formula is C106H111N5O15. The SMILES string of the molecule is NC[C@@]12C[C@@]3(CCC(=O)c4c(OCc5ccccc5)c(=O)ccn4CC(COCc4ccccc4)OCc4ccccc4)C[C@@](CCC(=O)c4c(OCc5ccccc5)c(=O)ccn4CC(COCc4ccccc4)OCc4ccccc4)(C1)C[C@@](CNC(=O)c1c(OCc4ccccc4)c(=O)ccn1CC(COCc1ccccc1)OCc1ccccc1)(C2)C3. The monoisotopic (exact) mass is 1690 g/mol. The van der Waals surface area contributed by atoms with Gasteiger partial charge < -0.3 is 67.4 Å². The summed E-state index contributed by atoms with van der Waals surface area (Å²) in [6, 6.07) is 91.8. The number of carbonyl (C=O) groups excluding carboxylic acids is 3. The fourth-order valence-corrected chi connectivity index (χ4v) is 19.5. The second-order valence-corrected chi connectivity index (χ2v) is 34.4. The van der Waals surface area contributed by atoms with Gasteiger partial charge in [-0.1, -0.05) is 273 Å². The van der Waals surface area contributed by atoms with E-state index in [9.17, 15) is 14.4 Å². The number of ether oxygens (including phenoxy) is 9. The predicted molar refractivity (Wildman–Crippen MR) is 484 cm³/mol. The third kappa shape index (κ3) is 23.9. The van der Waals surface area contributed by atoms with Crippen molar-refractivity contribution in [2.24, 2.45) is 27.4 Å². The van der Waals surface area contributed by atoms with Crippen LogP contribution in [0, 0.1) is 21.7 Å². The zero-order valence-corrected chi connectivity index (χ0v) is 71.3. The largest absolute Gasteiger partial charge is 0.483 e. The molecule has 650 valence electrons. The second-order valence-electron chi connectivity index (χ2n) is 34.4. The van der Waals surface area contributed by atoms with Gasteiger partial charge in [-0.05, 0) is 130 Å². The first-order valence-corrected chi connectivity index (χ1v) is 43.7. The second kappa shape index (κ2) is 43.1. The average Bonchev–Trinajstić information content (AvgIpc) is 0.684. The minimum absolute atomic E-state index is 0.00185. The Morgan fingerprint density at radius 2 is 0.556 bits per heavy atom. The summed E-state index contributed by atoms with van der Waals surface area (Å²) in [6.07, 6.45) is 7.09. The van der Waals surface area contributed by atoms with Crippen LogP contribution in [0.2, 0.25) is 0 Å². The lowest BCUT2D eigenvalue weighted by Gasteiger charge is -2.71. The lowest BCUT2D eigenvalue weighted by atomic mass is 9.34. The van der Waals surface area contributed by atoms with Gasteiger partial charge in [0.15, 0.2) is 34.5 Å². The Labute approximate surface area is 736 Å². The number of carbonyl (C=O) groups is 3. The van der Waals surface area contributed by atoms with Crippen LogP contribution in [-0.4, -0.2) is 82.4 Å². The van der Waals surface area contributed by atoms with Gasteiger partial charge in [-0.3, -0.25) is 28.8 Å². The van der Waals surface area contributed by atoms with Crippen molar-refractivity contribution in [1.29, 1.82) is 0 Å². The summed E-state index contributed by atoms with van der Waals surface area (Å²) in [4.78, 5) is 92.8. The van der Waals surface area contributed by atoms with Crippen molar-refractivity contribution < 1.29 is 57.0 Å². The summed E-state index contributed by atoms with van der Waals surface area (Å²) >= 11 is 0. The van der Waals surface area contributed by atoms with Crippen LogP contribution >= 0.6 is 0 Å². The van der Waals surface area contributed by atoms with Gasteiger partial charge >= 0.3 is 0 Å². The molecule has 0 spiro atoms. The maximum atomic E-state index is 16.3. The van der Waals surface area contributed by atoms with Gasteiger partial charge in [-0.25, -0.2) is 0 Å². The Balaban J connectivity index is 0.789. The Morgan fingerprint density at radius 1 is 0.310 bits per heavy atom. The third-order valence-corrected chi connectivity index (χ3v) is 24.6. The molecule has 4 fully saturated rings. The topological polar surface area (TPSA) is 238 Å². The van der Waals surface area contributed by atoms with Crippen molar-refractivity contribution in [3.63, 3.8) is 0 Å². The van der Waals surface area contributed by atoms with E-state index in [1.165, 1.54) is 18.2 Å². The summed E-state index contributed by atoms with van der Waals surface area (Å²) in [5, 5.41) is 3.46. The number of amides is 1. The highest BCUT2D eigenvalue weighted by molar-refractivity contribution is 5.98. The molecule has 20 heteroatoms. The minimum atomic E-state index is -0.739. The van der Waals surface area contributed by atoms with E-state index in [0.29, 0.717) is 71.2 Å². The molecule has 4 saturated carbocycles. The lowest BCUT2D eigenvalue weighted by Crippen LogP contribution is -2.65. The predicted octanol–water partition coefficient (Wildman–Crippen LogP) is 17.7. The summed E-state index contributed by atoms with van der Waals surface area (Å²) in [7, 11) is 0. The molecule has 3 unspecified atom stereocenters. The van der Waals surface area contributed by atoms with E-state index >= 15 is 14.4 Å². The normalized spacial score (nSPS) is 18.1. The molecular weight excluding hydrogens is 1580 g/mol. The highest BCUT2D eigenvalue weighted by Crippen LogP contribution is 2.75. The number of Topliss-reactive ketones (excluding diaryl/α,β-unsaturated/α-hetero) is 2. The average molecular weight is 1700 g/mol. The summed E-state index contributed by atoms with van der Waals surface area (Å²) in [5.74, 6) is -1.52. The van der Waals surface area contributed by atoms with E-state index in [4.69, 9.17) is 48.4 Å². The Hall–Kier alpha value is -12.2. The third-order valence-electron chi connectivity index (χ3n) is 24.6. The first-order chi connectivity index (χ1) is 61.6. The number of pyridine rings is 3. The molecule has 0 aliphatic heterocycles. The van der Waals surface area contributed by atoms with E-state index in [0.717, 1.165) is 50.1 Å². The van der Waals surface area contributed by atoms with E-state index in [2.05, 4.69) is 5.32 Å². The minimum Gasteiger partial charge on any atom is -0.483 e. The van der Waals surface area contributed by atoms with Gasteiger partial charge in [0.1, 0.15) is 31.2 Å². The van der Waals surface area contributed by atoms with Crippen LogP contribution in [0.25, 0.3) is 0 Å². The molecule has 7 atom stereocenters. The molecule has 4 bridgehead atoms. The standard InChI is InChI=1S/C106H111N5O15/c107-77-105-72-103(51-46-91(112)96-99(124-65-85-40-22-7-23-41-85)93(114)48-53-109(96)56-88(121-62-82-34-16-4-17-35-82)68-118-59-79-28-10-1-11-29-79)71-104(73-105,52-47-92(113)97-100(125-66-86-42-24-8-25-43-86)94(115)49-54-110(97)57-89(122-63-83-36-18-5-19-37-83)69-119-60-80-30-12-2-13-31-80)75-106(74-103,76-105)78-108-102(117)98-101(126-67-87-44-26-9-27-45-87)95(116)50-55-111(98)58-90(123-64-84-38-20-6-21-39-84)70-120-61-81-32-14-3-15-33-81/h1-45,48-50,53-55,88-90H,46-47,51-52,56-78,107H2,(H,108,117)/t88?,89?,90?,103-,104+,105+,106-. The Morgan fingerprint density at radius 3 is 0.849 bits per heavy atom. The fourth-order valence-electron chi connectivity index (χ4n) is 19.5. The van der Waals surface area contributed by atoms with Gasteiger partial charge in [0.25, 0.3) is 5.91 Å². The van der Waals surface area contributed by atoms with E-state index < -0.39 is 62.2 Å². The number of rotatable bonds is 48. The van der Waals surface area contributed by atoms with Crippen LogP contribution in [0.15, 0.2) is 324 Å². The number of ketones is 2. The van der Waals surface area contributed by atoms with Crippen molar-refractivity contribution in [1.82, 2.24) is 19.0 Å². The Kier molecular flexibility index (Phi) is 30.3. The highest BCUT2D eigenvalue weighted by Gasteiger charge is 2.67. The molecule has 12 aromatic rings. The number of nitrogens with two attached hydrogens (primary N) is 1. The van der Waals surface area contributed by atoms with E-state index in [1.807, 2.05) is 273 Å². The van der Waals surface area contributed by atoms with Crippen molar-refractivity contribution in [3.05, 3.63) is 408 Å². The number of hydrogen-bond acceptors (Lipinski definition) is 16. The molecule has 9 aromatic carbocycles. The lowest BCUT2D eigenvalue weighted by molar-refractivity contribution is -0.200. The number of nitrogens with zero attached hydrogens (tertiary/aromatic N) is 3. The fraction of sp³-hybridized carbons (Fsp3) is 0.321. The van der Waals surface area contributed by atoms with Crippen molar-refractivity contribution in [2.75, 3.05) is 32.9 Å².